The second-order valence-electron chi connectivity index (χ2n) is 6.98. The normalized spacial score (nSPS) is 11.0. The number of aliphatic imine (C=N–C) groups is 1. The van der Waals surface area contributed by atoms with Crippen LogP contribution in [0.1, 0.15) is 39.5 Å². The molecule has 0 unspecified atom stereocenters. The first-order chi connectivity index (χ1) is 13.2. The number of rotatable bonds is 7. The Bertz CT molecular complexity index is 876. The molecule has 0 aliphatic rings. The van der Waals surface area contributed by atoms with Gasteiger partial charge in [0.1, 0.15) is 6.61 Å². The van der Waals surface area contributed by atoms with E-state index in [2.05, 4.69) is 11.9 Å². The van der Waals surface area contributed by atoms with E-state index in [1.807, 2.05) is 63.1 Å². The predicted molar refractivity (Wildman–Crippen MR) is 113 cm³/mol. The lowest BCUT2D eigenvalue weighted by Crippen LogP contribution is -2.14. The molecule has 0 saturated carbocycles. The molecule has 2 aromatic rings. The summed E-state index contributed by atoms with van der Waals surface area (Å²) in [7, 11) is 3.51. The number of benzene rings is 2. The van der Waals surface area contributed by atoms with Crippen LogP contribution in [0.2, 0.25) is 0 Å². The van der Waals surface area contributed by atoms with E-state index >= 15 is 0 Å². The van der Waals surface area contributed by atoms with Gasteiger partial charge in [-0.2, -0.15) is 0 Å². The highest BCUT2D eigenvalue weighted by atomic mass is 16.5. The first kappa shape index (κ1) is 21.4. The van der Waals surface area contributed by atoms with Crippen LogP contribution in [-0.2, 0) is 11.3 Å². The minimum atomic E-state index is -0.371. The lowest BCUT2D eigenvalue weighted by molar-refractivity contribution is 0.0471. The average molecular weight is 383 g/mol. The maximum atomic E-state index is 12.6. The van der Waals surface area contributed by atoms with E-state index in [1.165, 1.54) is 0 Å². The molecule has 0 aromatic heterocycles. The van der Waals surface area contributed by atoms with Crippen LogP contribution >= 0.6 is 0 Å². The van der Waals surface area contributed by atoms with Gasteiger partial charge >= 0.3 is 5.97 Å². The second-order valence-corrected chi connectivity index (χ2v) is 6.98. The number of esters is 1. The molecule has 0 saturated heterocycles. The average Bonchev–Trinajstić information content (AvgIpc) is 2.66. The number of anilines is 1. The monoisotopic (exact) mass is 383 g/mol. The minimum Gasteiger partial charge on any atom is -0.457 e. The number of carbonyl (C=O) groups is 1. The SMILES string of the molecule is CCN(C)C=Nc1cc(C)c(C(=O)OCc2cc(N(C)O)ccc2C)cc1C. The van der Waals surface area contributed by atoms with Gasteiger partial charge in [-0.3, -0.25) is 10.3 Å². The Kier molecular flexibility index (Phi) is 7.18. The highest BCUT2D eigenvalue weighted by molar-refractivity contribution is 5.92. The van der Waals surface area contributed by atoms with Gasteiger partial charge in [-0.1, -0.05) is 6.07 Å². The summed E-state index contributed by atoms with van der Waals surface area (Å²) < 4.78 is 5.54. The van der Waals surface area contributed by atoms with E-state index in [0.717, 1.165) is 39.5 Å². The first-order valence-corrected chi connectivity index (χ1v) is 9.27. The molecule has 28 heavy (non-hydrogen) atoms. The number of hydrogen-bond acceptors (Lipinski definition) is 5. The van der Waals surface area contributed by atoms with Crippen LogP contribution in [0.4, 0.5) is 11.4 Å². The van der Waals surface area contributed by atoms with Crippen molar-refractivity contribution in [1.29, 1.82) is 0 Å². The fourth-order valence-electron chi connectivity index (χ4n) is 2.64. The summed E-state index contributed by atoms with van der Waals surface area (Å²) in [5.74, 6) is -0.371. The summed E-state index contributed by atoms with van der Waals surface area (Å²) in [4.78, 5) is 19.1. The summed E-state index contributed by atoms with van der Waals surface area (Å²) in [5, 5.41) is 10.6. The number of hydrogen-bond donors (Lipinski definition) is 1. The zero-order chi connectivity index (χ0) is 20.8. The molecule has 0 radical (unpaired) electrons. The Morgan fingerprint density at radius 3 is 2.46 bits per heavy atom. The van der Waals surface area contributed by atoms with E-state index in [0.29, 0.717) is 11.3 Å². The quantitative estimate of drug-likeness (QED) is 0.332. The minimum absolute atomic E-state index is 0.145. The van der Waals surface area contributed by atoms with Gasteiger partial charge in [-0.25, -0.2) is 9.79 Å². The third-order valence-corrected chi connectivity index (χ3v) is 4.72. The molecule has 0 bridgehead atoms. The van der Waals surface area contributed by atoms with Crippen LogP contribution in [0.3, 0.4) is 0 Å². The Labute approximate surface area is 167 Å². The molecule has 2 rings (SSSR count). The van der Waals surface area contributed by atoms with E-state index in [-0.39, 0.29) is 12.6 Å². The molecule has 150 valence electrons. The maximum Gasteiger partial charge on any atom is 0.338 e. The summed E-state index contributed by atoms with van der Waals surface area (Å²) in [6.07, 6.45) is 1.79. The zero-order valence-corrected chi connectivity index (χ0v) is 17.5. The molecule has 1 N–H and O–H groups in total. The van der Waals surface area contributed by atoms with Crippen molar-refractivity contribution in [2.45, 2.75) is 34.3 Å². The summed E-state index contributed by atoms with van der Waals surface area (Å²) in [6, 6.07) is 9.23. The summed E-state index contributed by atoms with van der Waals surface area (Å²) in [6.45, 7) is 8.83. The molecular weight excluding hydrogens is 354 g/mol. The molecule has 0 aliphatic heterocycles. The Morgan fingerprint density at radius 2 is 1.82 bits per heavy atom. The van der Waals surface area contributed by atoms with Crippen molar-refractivity contribution in [3.05, 3.63) is 58.1 Å². The third kappa shape index (κ3) is 5.33. The van der Waals surface area contributed by atoms with Crippen molar-refractivity contribution in [3.63, 3.8) is 0 Å². The van der Waals surface area contributed by atoms with Crippen molar-refractivity contribution >= 4 is 23.7 Å². The molecule has 6 nitrogen and oxygen atoms in total. The fraction of sp³-hybridized carbons (Fsp3) is 0.364. The van der Waals surface area contributed by atoms with E-state index in [4.69, 9.17) is 4.74 Å². The standard InChI is InChI=1S/C22H29N3O3/c1-7-24(5)14-23-21-11-16(3)20(10-17(21)4)22(26)28-13-18-12-19(25(6)27)9-8-15(18)2/h8-12,14,27H,7,13H2,1-6H3. The number of carbonyl (C=O) groups excluding carboxylic acids is 1. The third-order valence-electron chi connectivity index (χ3n) is 4.72. The van der Waals surface area contributed by atoms with Gasteiger partial charge in [0.05, 0.1) is 23.3 Å². The van der Waals surface area contributed by atoms with E-state index < -0.39 is 0 Å². The summed E-state index contributed by atoms with van der Waals surface area (Å²) >= 11 is 0. The van der Waals surface area contributed by atoms with Gasteiger partial charge in [0.2, 0.25) is 0 Å². The van der Waals surface area contributed by atoms with Crippen molar-refractivity contribution in [2.24, 2.45) is 4.99 Å². The van der Waals surface area contributed by atoms with Gasteiger partial charge < -0.3 is 9.64 Å². The van der Waals surface area contributed by atoms with Crippen LogP contribution in [-0.4, -0.2) is 43.1 Å². The lowest BCUT2D eigenvalue weighted by atomic mass is 10.0. The molecule has 0 fully saturated rings. The molecule has 0 spiro atoms. The van der Waals surface area contributed by atoms with Gasteiger partial charge in [-0.05, 0) is 74.2 Å². The molecule has 0 aliphatic carbocycles. The van der Waals surface area contributed by atoms with Gasteiger partial charge in [0, 0.05) is 20.6 Å². The Morgan fingerprint density at radius 1 is 1.11 bits per heavy atom. The Hall–Kier alpha value is -2.86. The number of hydroxylamine groups is 1. The zero-order valence-electron chi connectivity index (χ0n) is 17.5. The Balaban J connectivity index is 2.16. The molecule has 6 heteroatoms. The summed E-state index contributed by atoms with van der Waals surface area (Å²) in [5.41, 5.74) is 5.60. The number of ether oxygens (including phenoxy) is 1. The van der Waals surface area contributed by atoms with Crippen LogP contribution in [0, 0.1) is 20.8 Å². The molecule has 0 atom stereocenters. The van der Waals surface area contributed by atoms with E-state index in [1.54, 1.807) is 13.4 Å². The van der Waals surface area contributed by atoms with Crippen molar-refractivity contribution in [3.8, 4) is 0 Å². The van der Waals surface area contributed by atoms with Gasteiger partial charge in [-0.15, -0.1) is 0 Å². The van der Waals surface area contributed by atoms with Crippen molar-refractivity contribution < 1.29 is 14.7 Å². The molecular formula is C22H29N3O3. The largest absolute Gasteiger partial charge is 0.457 e. The smallest absolute Gasteiger partial charge is 0.338 e. The number of aryl methyl sites for hydroxylation is 3. The lowest BCUT2D eigenvalue weighted by Gasteiger charge is -2.15. The molecule has 0 heterocycles. The predicted octanol–water partition coefficient (Wildman–Crippen LogP) is 4.41. The highest BCUT2D eigenvalue weighted by Gasteiger charge is 2.14. The molecule has 0 amide bonds. The van der Waals surface area contributed by atoms with Crippen LogP contribution < -0.4 is 5.06 Å². The first-order valence-electron chi connectivity index (χ1n) is 9.27. The second kappa shape index (κ2) is 9.37. The molecule has 2 aromatic carbocycles. The number of nitrogens with zero attached hydrogens (tertiary/aromatic N) is 3. The van der Waals surface area contributed by atoms with Crippen LogP contribution in [0.5, 0.6) is 0 Å². The van der Waals surface area contributed by atoms with Crippen molar-refractivity contribution in [2.75, 3.05) is 25.7 Å². The maximum absolute atomic E-state index is 12.6. The van der Waals surface area contributed by atoms with Crippen LogP contribution in [0.25, 0.3) is 0 Å². The fourth-order valence-corrected chi connectivity index (χ4v) is 2.64. The highest BCUT2D eigenvalue weighted by Crippen LogP contribution is 2.24. The topological polar surface area (TPSA) is 65.4 Å². The van der Waals surface area contributed by atoms with Crippen molar-refractivity contribution in [1.82, 2.24) is 4.90 Å². The van der Waals surface area contributed by atoms with Gasteiger partial charge in [0.15, 0.2) is 0 Å². The van der Waals surface area contributed by atoms with E-state index in [9.17, 15) is 10.0 Å². The van der Waals surface area contributed by atoms with Gasteiger partial charge in [0.25, 0.3) is 0 Å². The van der Waals surface area contributed by atoms with Crippen LogP contribution in [0.15, 0.2) is 35.3 Å².